The van der Waals surface area contributed by atoms with Crippen LogP contribution in [0.15, 0.2) is 24.3 Å². The first-order valence-corrected chi connectivity index (χ1v) is 4.72. The van der Waals surface area contributed by atoms with Crippen molar-refractivity contribution < 1.29 is 19.0 Å². The first-order chi connectivity index (χ1) is 7.22. The lowest BCUT2D eigenvalue weighted by Gasteiger charge is -2.29. The van der Waals surface area contributed by atoms with Gasteiger partial charge in [0.2, 0.25) is 6.10 Å². The van der Waals surface area contributed by atoms with Gasteiger partial charge in [0.05, 0.1) is 7.11 Å². The second kappa shape index (κ2) is 3.81. The molecule has 0 amide bonds. The third-order valence-corrected chi connectivity index (χ3v) is 2.28. The second-order valence-corrected chi connectivity index (χ2v) is 3.33. The minimum Gasteiger partial charge on any atom is -0.482 e. The van der Waals surface area contributed by atoms with Gasteiger partial charge in [0.25, 0.3) is 0 Å². The quantitative estimate of drug-likeness (QED) is 0.654. The molecule has 0 saturated carbocycles. The van der Waals surface area contributed by atoms with Crippen LogP contribution in [0.5, 0.6) is 11.5 Å². The van der Waals surface area contributed by atoms with Crippen LogP contribution < -0.4 is 9.47 Å². The minimum atomic E-state index is -0.690. The maximum absolute atomic E-state index is 11.4. The molecule has 0 bridgehead atoms. The number of benzene rings is 1. The summed E-state index contributed by atoms with van der Waals surface area (Å²) < 4.78 is 15.7. The summed E-state index contributed by atoms with van der Waals surface area (Å²) in [5.74, 6) is 0.813. The van der Waals surface area contributed by atoms with Crippen LogP contribution in [-0.2, 0) is 9.53 Å². The average Bonchev–Trinajstić information content (AvgIpc) is 2.27. The van der Waals surface area contributed by atoms with Crippen molar-refractivity contribution in [1.82, 2.24) is 0 Å². The molecule has 1 aromatic carbocycles. The average molecular weight is 208 g/mol. The van der Waals surface area contributed by atoms with Crippen LogP contribution in [0.1, 0.15) is 6.92 Å². The number of carbonyl (C=O) groups is 1. The van der Waals surface area contributed by atoms with Gasteiger partial charge in [-0.3, -0.25) is 0 Å². The van der Waals surface area contributed by atoms with Gasteiger partial charge in [0.1, 0.15) is 6.10 Å². The molecule has 0 unspecified atom stereocenters. The minimum absolute atomic E-state index is 0.340. The fraction of sp³-hybridized carbons (Fsp3) is 0.364. The number of hydrogen-bond donors (Lipinski definition) is 0. The third-order valence-electron chi connectivity index (χ3n) is 2.28. The zero-order valence-corrected chi connectivity index (χ0v) is 8.60. The summed E-state index contributed by atoms with van der Waals surface area (Å²) in [6, 6.07) is 7.25. The number of rotatable bonds is 1. The highest BCUT2D eigenvalue weighted by atomic mass is 16.6. The van der Waals surface area contributed by atoms with Crippen molar-refractivity contribution in [3.05, 3.63) is 24.3 Å². The summed E-state index contributed by atoms with van der Waals surface area (Å²) in [5.41, 5.74) is 0. The molecule has 0 saturated heterocycles. The van der Waals surface area contributed by atoms with E-state index >= 15 is 0 Å². The Bertz CT molecular complexity index is 375. The Labute approximate surface area is 87.8 Å². The van der Waals surface area contributed by atoms with E-state index in [4.69, 9.17) is 9.47 Å². The standard InChI is InChI=1S/C11H12O4/c1-7-10(11(12)13-2)15-9-6-4-3-5-8(9)14-7/h3-7,10H,1-2H3/t7-,10-/m1/s1. The fourth-order valence-electron chi connectivity index (χ4n) is 1.50. The molecule has 4 nitrogen and oxygen atoms in total. The summed E-state index contributed by atoms with van der Waals surface area (Å²) in [4.78, 5) is 11.4. The second-order valence-electron chi connectivity index (χ2n) is 3.33. The maximum Gasteiger partial charge on any atom is 0.351 e. The molecule has 15 heavy (non-hydrogen) atoms. The molecule has 1 aliphatic rings. The fourth-order valence-corrected chi connectivity index (χ4v) is 1.50. The normalized spacial score (nSPS) is 23.3. The highest BCUT2D eigenvalue weighted by Crippen LogP contribution is 2.33. The van der Waals surface area contributed by atoms with E-state index in [-0.39, 0.29) is 6.10 Å². The molecule has 0 radical (unpaired) electrons. The van der Waals surface area contributed by atoms with Crippen LogP contribution >= 0.6 is 0 Å². The van der Waals surface area contributed by atoms with Crippen molar-refractivity contribution >= 4 is 5.97 Å². The Morgan fingerprint density at radius 2 is 1.87 bits per heavy atom. The van der Waals surface area contributed by atoms with Crippen LogP contribution in [0, 0.1) is 0 Å². The molecule has 1 aromatic rings. The van der Waals surface area contributed by atoms with Crippen molar-refractivity contribution in [2.24, 2.45) is 0 Å². The monoisotopic (exact) mass is 208 g/mol. The predicted octanol–water partition coefficient (Wildman–Crippen LogP) is 1.39. The summed E-state index contributed by atoms with van der Waals surface area (Å²) in [6.45, 7) is 1.78. The van der Waals surface area contributed by atoms with Gasteiger partial charge in [-0.2, -0.15) is 0 Å². The summed E-state index contributed by atoms with van der Waals surface area (Å²) in [6.07, 6.45) is -1.03. The van der Waals surface area contributed by atoms with Crippen molar-refractivity contribution in [2.45, 2.75) is 19.1 Å². The molecule has 0 N–H and O–H groups in total. The molecule has 80 valence electrons. The summed E-state index contributed by atoms with van der Waals surface area (Å²) in [5, 5.41) is 0. The molecule has 2 atom stereocenters. The first kappa shape index (κ1) is 9.83. The molecule has 0 fully saturated rings. The van der Waals surface area contributed by atoms with Gasteiger partial charge >= 0.3 is 5.97 Å². The van der Waals surface area contributed by atoms with E-state index in [0.717, 1.165) is 0 Å². The third kappa shape index (κ3) is 1.75. The summed E-state index contributed by atoms with van der Waals surface area (Å²) in [7, 11) is 1.33. The van der Waals surface area contributed by atoms with Crippen molar-refractivity contribution in [1.29, 1.82) is 0 Å². The molecule has 0 aromatic heterocycles. The zero-order valence-electron chi connectivity index (χ0n) is 8.60. The molecule has 1 heterocycles. The Hall–Kier alpha value is -1.71. The number of esters is 1. The van der Waals surface area contributed by atoms with Crippen molar-refractivity contribution in [3.8, 4) is 11.5 Å². The highest BCUT2D eigenvalue weighted by Gasteiger charge is 2.34. The van der Waals surface area contributed by atoms with E-state index in [0.29, 0.717) is 11.5 Å². The van der Waals surface area contributed by atoms with Gasteiger partial charge in [-0.15, -0.1) is 0 Å². The van der Waals surface area contributed by atoms with E-state index < -0.39 is 12.1 Å². The molecular formula is C11H12O4. The Kier molecular flexibility index (Phi) is 2.49. The van der Waals surface area contributed by atoms with E-state index in [1.807, 2.05) is 12.1 Å². The molecule has 0 spiro atoms. The maximum atomic E-state index is 11.4. The van der Waals surface area contributed by atoms with Gasteiger partial charge < -0.3 is 14.2 Å². The molecular weight excluding hydrogens is 196 g/mol. The van der Waals surface area contributed by atoms with Gasteiger partial charge in [-0.05, 0) is 19.1 Å². The van der Waals surface area contributed by atoms with Gasteiger partial charge in [-0.1, -0.05) is 12.1 Å². The number of carbonyl (C=O) groups excluding carboxylic acids is 1. The van der Waals surface area contributed by atoms with Crippen molar-refractivity contribution in [2.75, 3.05) is 7.11 Å². The molecule has 1 aliphatic heterocycles. The van der Waals surface area contributed by atoms with Gasteiger partial charge in [-0.25, -0.2) is 4.79 Å². The van der Waals surface area contributed by atoms with E-state index in [9.17, 15) is 4.79 Å². The number of para-hydroxylation sites is 2. The molecule has 2 rings (SSSR count). The lowest BCUT2D eigenvalue weighted by atomic mass is 10.2. The van der Waals surface area contributed by atoms with Crippen LogP contribution in [0.3, 0.4) is 0 Å². The largest absolute Gasteiger partial charge is 0.482 e. The predicted molar refractivity (Wildman–Crippen MR) is 53.0 cm³/mol. The van der Waals surface area contributed by atoms with Crippen LogP contribution in [0.4, 0.5) is 0 Å². The van der Waals surface area contributed by atoms with Gasteiger partial charge in [0, 0.05) is 0 Å². The molecule has 4 heteroatoms. The van der Waals surface area contributed by atoms with Gasteiger partial charge in [0.15, 0.2) is 11.5 Å². The topological polar surface area (TPSA) is 44.8 Å². The van der Waals surface area contributed by atoms with Crippen LogP contribution in [-0.4, -0.2) is 25.3 Å². The Balaban J connectivity index is 2.25. The SMILES string of the molecule is COC(=O)[C@@H]1Oc2ccccc2O[C@@H]1C. The molecule has 0 aliphatic carbocycles. The van der Waals surface area contributed by atoms with Crippen LogP contribution in [0.2, 0.25) is 0 Å². The zero-order chi connectivity index (χ0) is 10.8. The smallest absolute Gasteiger partial charge is 0.351 e. The number of ether oxygens (including phenoxy) is 3. The number of fused-ring (bicyclic) bond motifs is 1. The lowest BCUT2D eigenvalue weighted by Crippen LogP contribution is -2.44. The lowest BCUT2D eigenvalue weighted by molar-refractivity contribution is -0.154. The Morgan fingerprint density at radius 1 is 1.27 bits per heavy atom. The van der Waals surface area contributed by atoms with E-state index in [1.165, 1.54) is 7.11 Å². The van der Waals surface area contributed by atoms with E-state index in [1.54, 1.807) is 19.1 Å². The van der Waals surface area contributed by atoms with E-state index in [2.05, 4.69) is 4.74 Å². The van der Waals surface area contributed by atoms with Crippen LogP contribution in [0.25, 0.3) is 0 Å². The Morgan fingerprint density at radius 3 is 2.47 bits per heavy atom. The number of methoxy groups -OCH3 is 1. The summed E-state index contributed by atoms with van der Waals surface area (Å²) >= 11 is 0. The first-order valence-electron chi connectivity index (χ1n) is 4.72. The van der Waals surface area contributed by atoms with Crippen molar-refractivity contribution in [3.63, 3.8) is 0 Å². The highest BCUT2D eigenvalue weighted by molar-refractivity contribution is 5.76. The number of hydrogen-bond acceptors (Lipinski definition) is 4.